The van der Waals surface area contributed by atoms with Gasteiger partial charge in [-0.3, -0.25) is 0 Å². The van der Waals surface area contributed by atoms with E-state index < -0.39 is 0 Å². The molecule has 22 heavy (non-hydrogen) atoms. The predicted molar refractivity (Wildman–Crippen MR) is 89.9 cm³/mol. The van der Waals surface area contributed by atoms with E-state index in [9.17, 15) is 4.39 Å². The van der Waals surface area contributed by atoms with Crippen molar-refractivity contribution in [3.05, 3.63) is 69.2 Å². The average molecular weight is 377 g/mol. The quantitative estimate of drug-likeness (QED) is 0.544. The normalized spacial score (nSPS) is 11.2. The highest BCUT2D eigenvalue weighted by Gasteiger charge is 2.11. The van der Waals surface area contributed by atoms with Gasteiger partial charge in [-0.1, -0.05) is 46.3 Å². The number of nitrogens with zero attached hydrogens (tertiary/aromatic N) is 3. The fourth-order valence-corrected chi connectivity index (χ4v) is 2.56. The van der Waals surface area contributed by atoms with Gasteiger partial charge in [0.15, 0.2) is 5.82 Å². The smallest absolute Gasteiger partial charge is 0.216 e. The second kappa shape index (κ2) is 6.33. The van der Waals surface area contributed by atoms with Crippen LogP contribution in [-0.4, -0.2) is 21.1 Å². The highest BCUT2D eigenvalue weighted by molar-refractivity contribution is 9.10. The first-order valence-corrected chi connectivity index (χ1v) is 7.58. The van der Waals surface area contributed by atoms with Crippen LogP contribution in [0.25, 0.3) is 11.4 Å². The molecule has 7 heteroatoms. The molecule has 0 fully saturated rings. The highest BCUT2D eigenvalue weighted by Crippen LogP contribution is 2.26. The summed E-state index contributed by atoms with van der Waals surface area (Å²) in [7, 11) is 0. The minimum atomic E-state index is -0.344. The third-order valence-electron chi connectivity index (χ3n) is 2.98. The van der Waals surface area contributed by atoms with Gasteiger partial charge in [0.25, 0.3) is 0 Å². The number of halogens is 2. The van der Waals surface area contributed by atoms with E-state index in [-0.39, 0.29) is 5.82 Å². The Kier molecular flexibility index (Phi) is 4.26. The summed E-state index contributed by atoms with van der Waals surface area (Å²) in [6, 6.07) is 14.0. The molecule has 0 atom stereocenters. The minimum Gasteiger partial charge on any atom is -0.250 e. The highest BCUT2D eigenvalue weighted by atomic mass is 79.9. The van der Waals surface area contributed by atoms with Gasteiger partial charge < -0.3 is 0 Å². The second-order valence-electron chi connectivity index (χ2n) is 4.41. The number of aromatic amines is 1. The number of nitrogens with one attached hydrogen (secondary N) is 1. The fourth-order valence-electron chi connectivity index (χ4n) is 1.92. The van der Waals surface area contributed by atoms with Crippen LogP contribution in [0.15, 0.2) is 58.1 Å². The van der Waals surface area contributed by atoms with Crippen LogP contribution in [0.4, 0.5) is 4.39 Å². The van der Waals surface area contributed by atoms with Crippen molar-refractivity contribution < 1.29 is 4.39 Å². The van der Waals surface area contributed by atoms with Crippen molar-refractivity contribution in [1.82, 2.24) is 14.9 Å². The lowest BCUT2D eigenvalue weighted by atomic mass is 10.2. The molecule has 110 valence electrons. The summed E-state index contributed by atoms with van der Waals surface area (Å²) in [5.74, 6) is 0.203. The zero-order chi connectivity index (χ0) is 15.5. The number of aromatic nitrogens is 3. The van der Waals surface area contributed by atoms with Gasteiger partial charge in [0, 0.05) is 15.6 Å². The Balaban J connectivity index is 2.06. The Morgan fingerprint density at radius 1 is 1.18 bits per heavy atom. The molecule has 1 aromatic heterocycles. The maximum atomic E-state index is 13.6. The third-order valence-corrected chi connectivity index (χ3v) is 3.94. The largest absolute Gasteiger partial charge is 0.250 e. The van der Waals surface area contributed by atoms with Crippen LogP contribution >= 0.6 is 28.1 Å². The Morgan fingerprint density at radius 2 is 1.91 bits per heavy atom. The van der Waals surface area contributed by atoms with Crippen molar-refractivity contribution in [3.63, 3.8) is 0 Å². The maximum Gasteiger partial charge on any atom is 0.216 e. The molecule has 1 heterocycles. The van der Waals surface area contributed by atoms with Gasteiger partial charge in [-0.25, -0.2) is 9.49 Å². The number of hydrogen-bond donors (Lipinski definition) is 1. The molecule has 0 aliphatic heterocycles. The summed E-state index contributed by atoms with van der Waals surface area (Å²) in [4.78, 5) is 0. The van der Waals surface area contributed by atoms with Crippen LogP contribution < -0.4 is 0 Å². The lowest BCUT2D eigenvalue weighted by molar-refractivity contribution is 0.625. The first kappa shape index (κ1) is 14.8. The lowest BCUT2D eigenvalue weighted by Crippen LogP contribution is -1.96. The van der Waals surface area contributed by atoms with E-state index in [1.807, 2.05) is 24.3 Å². The second-order valence-corrected chi connectivity index (χ2v) is 5.65. The Labute approximate surface area is 139 Å². The molecule has 0 saturated carbocycles. The standard InChI is InChI=1S/C15H10BrFN4S/c16-12-7-3-2-6-11(12)14-19-20-15(22)21(14)18-9-10-5-1-4-8-13(10)17/h1-9H,(H,20,22)/b18-9-. The van der Waals surface area contributed by atoms with Crippen molar-refractivity contribution in [2.45, 2.75) is 0 Å². The molecule has 0 aliphatic rings. The van der Waals surface area contributed by atoms with E-state index in [4.69, 9.17) is 12.2 Å². The van der Waals surface area contributed by atoms with E-state index in [1.54, 1.807) is 18.2 Å². The summed E-state index contributed by atoms with van der Waals surface area (Å²) in [6.07, 6.45) is 1.42. The van der Waals surface area contributed by atoms with E-state index >= 15 is 0 Å². The van der Waals surface area contributed by atoms with Crippen LogP contribution in [0, 0.1) is 10.6 Å². The number of benzene rings is 2. The van der Waals surface area contributed by atoms with Gasteiger partial charge in [-0.15, -0.1) is 0 Å². The SMILES string of the molecule is Fc1ccccc1/C=N\n1c(-c2ccccc2Br)n[nH]c1=S. The molecule has 0 bridgehead atoms. The zero-order valence-corrected chi connectivity index (χ0v) is 13.6. The predicted octanol–water partition coefficient (Wildman–Crippen LogP) is 4.39. The van der Waals surface area contributed by atoms with Crippen molar-refractivity contribution >= 4 is 34.4 Å². The average Bonchev–Trinajstić information content (AvgIpc) is 2.88. The van der Waals surface area contributed by atoms with Gasteiger partial charge in [0.05, 0.1) is 6.21 Å². The van der Waals surface area contributed by atoms with E-state index in [0.717, 1.165) is 10.0 Å². The van der Waals surface area contributed by atoms with Crippen LogP contribution in [0.2, 0.25) is 0 Å². The Morgan fingerprint density at radius 3 is 2.68 bits per heavy atom. The van der Waals surface area contributed by atoms with Gasteiger partial charge in [-0.05, 0) is 30.4 Å². The zero-order valence-electron chi connectivity index (χ0n) is 11.2. The summed E-state index contributed by atoms with van der Waals surface area (Å²) >= 11 is 8.66. The molecule has 0 unspecified atom stereocenters. The monoisotopic (exact) mass is 376 g/mol. The van der Waals surface area contributed by atoms with Gasteiger partial charge in [0.1, 0.15) is 5.82 Å². The molecule has 3 rings (SSSR count). The van der Waals surface area contributed by atoms with E-state index in [0.29, 0.717) is 16.2 Å². The van der Waals surface area contributed by atoms with Gasteiger partial charge >= 0.3 is 0 Å². The molecule has 3 aromatic rings. The summed E-state index contributed by atoms with van der Waals surface area (Å²) < 4.78 is 16.3. The van der Waals surface area contributed by atoms with E-state index in [1.165, 1.54) is 17.0 Å². The van der Waals surface area contributed by atoms with Crippen molar-refractivity contribution in [1.29, 1.82) is 0 Å². The molecular formula is C15H10BrFN4S. The molecule has 4 nitrogen and oxygen atoms in total. The summed E-state index contributed by atoms with van der Waals surface area (Å²) in [5.41, 5.74) is 1.21. The molecular weight excluding hydrogens is 367 g/mol. The molecule has 1 N–H and O–H groups in total. The summed E-state index contributed by atoms with van der Waals surface area (Å²) in [6.45, 7) is 0. The van der Waals surface area contributed by atoms with E-state index in [2.05, 4.69) is 31.2 Å². The maximum absolute atomic E-state index is 13.6. The molecule has 0 amide bonds. The van der Waals surface area contributed by atoms with Gasteiger partial charge in [0.2, 0.25) is 4.77 Å². The molecule has 0 saturated heterocycles. The Hall–Kier alpha value is -2.12. The number of rotatable bonds is 3. The molecule has 0 spiro atoms. The van der Waals surface area contributed by atoms with Crippen LogP contribution in [0.5, 0.6) is 0 Å². The van der Waals surface area contributed by atoms with Crippen LogP contribution in [0.3, 0.4) is 0 Å². The number of hydrogen-bond acceptors (Lipinski definition) is 3. The number of H-pyrrole nitrogens is 1. The first-order valence-electron chi connectivity index (χ1n) is 6.38. The molecule has 2 aromatic carbocycles. The van der Waals surface area contributed by atoms with Crippen LogP contribution in [0.1, 0.15) is 5.56 Å². The molecule has 0 aliphatic carbocycles. The Bertz CT molecular complexity index is 900. The van der Waals surface area contributed by atoms with Crippen molar-refractivity contribution in [3.8, 4) is 11.4 Å². The molecule has 0 radical (unpaired) electrons. The first-order chi connectivity index (χ1) is 10.7. The third kappa shape index (κ3) is 2.90. The minimum absolute atomic E-state index is 0.332. The summed E-state index contributed by atoms with van der Waals surface area (Å²) in [5, 5.41) is 11.1. The van der Waals surface area contributed by atoms with Crippen molar-refractivity contribution in [2.75, 3.05) is 0 Å². The lowest BCUT2D eigenvalue weighted by Gasteiger charge is -2.03. The fraction of sp³-hybridized carbons (Fsp3) is 0. The van der Waals surface area contributed by atoms with Crippen LogP contribution in [-0.2, 0) is 0 Å². The van der Waals surface area contributed by atoms with Gasteiger partial charge in [-0.2, -0.15) is 14.9 Å². The topological polar surface area (TPSA) is 46.0 Å². The van der Waals surface area contributed by atoms with Crippen molar-refractivity contribution in [2.24, 2.45) is 5.10 Å².